The van der Waals surface area contributed by atoms with Crippen molar-refractivity contribution in [2.75, 3.05) is 64.1 Å². The monoisotopic (exact) mass is 542 g/mol. The summed E-state index contributed by atoms with van der Waals surface area (Å²) in [6.45, 7) is 3.23. The molecule has 2 heterocycles. The molecule has 2 aliphatic rings. The molecule has 0 atom stereocenters. The molecule has 0 saturated carbocycles. The van der Waals surface area contributed by atoms with Gasteiger partial charge in [-0.25, -0.2) is 4.79 Å². The van der Waals surface area contributed by atoms with E-state index in [1.807, 2.05) is 42.3 Å². The topological polar surface area (TPSA) is 82.2 Å². The molecule has 1 saturated heterocycles. The van der Waals surface area contributed by atoms with Gasteiger partial charge in [0.25, 0.3) is 5.91 Å². The van der Waals surface area contributed by atoms with Gasteiger partial charge in [0.15, 0.2) is 0 Å². The predicted molar refractivity (Wildman–Crippen MR) is 157 cm³/mol. The highest BCUT2D eigenvalue weighted by Gasteiger charge is 2.29. The van der Waals surface area contributed by atoms with Gasteiger partial charge in [-0.15, -0.1) is 0 Å². The number of ether oxygens (including phenoxy) is 1. The zero-order chi connectivity index (χ0) is 31.7. The SMILES string of the molecule is [2H]c1c([2H])c(N(C)C(=O)CN2CCN(C)CC2)c([2H])c([2H])c1C/C(=C1\C(=O)Nc2cc(C(=O)OC)ccc21)c1ccccc1. The maximum Gasteiger partial charge on any atom is 0.337 e. The summed E-state index contributed by atoms with van der Waals surface area (Å²) in [7, 11) is 4.77. The number of amides is 2. The third-order valence-electron chi connectivity index (χ3n) is 7.29. The molecule has 1 fully saturated rings. The Morgan fingerprint density at radius 3 is 2.38 bits per heavy atom. The molecule has 8 heteroatoms. The Balaban J connectivity index is 1.55. The van der Waals surface area contributed by atoms with Crippen molar-refractivity contribution in [2.24, 2.45) is 0 Å². The number of rotatable bonds is 7. The highest BCUT2D eigenvalue weighted by molar-refractivity contribution is 6.37. The first-order valence-electron chi connectivity index (χ1n) is 15.1. The zero-order valence-electron chi connectivity index (χ0n) is 26.8. The van der Waals surface area contributed by atoms with Crippen molar-refractivity contribution in [1.29, 1.82) is 0 Å². The quantitative estimate of drug-likeness (QED) is 0.362. The van der Waals surface area contributed by atoms with Gasteiger partial charge in [-0.1, -0.05) is 48.5 Å². The number of fused-ring (bicyclic) bond motifs is 1. The van der Waals surface area contributed by atoms with Crippen molar-refractivity contribution in [3.63, 3.8) is 0 Å². The molecule has 0 aliphatic carbocycles. The minimum absolute atomic E-state index is 0.0837. The van der Waals surface area contributed by atoms with Gasteiger partial charge in [-0.05, 0) is 54.4 Å². The minimum atomic E-state index is -0.543. The summed E-state index contributed by atoms with van der Waals surface area (Å²) in [5.41, 5.74) is 2.74. The Morgan fingerprint density at radius 1 is 1.00 bits per heavy atom. The fourth-order valence-corrected chi connectivity index (χ4v) is 4.88. The average molecular weight is 543 g/mol. The van der Waals surface area contributed by atoms with Crippen molar-refractivity contribution in [3.8, 4) is 0 Å². The molecular formula is C32H34N4O4. The summed E-state index contributed by atoms with van der Waals surface area (Å²) in [6, 6.07) is 12.6. The Morgan fingerprint density at radius 2 is 1.70 bits per heavy atom. The van der Waals surface area contributed by atoms with Gasteiger partial charge in [-0.2, -0.15) is 0 Å². The molecule has 2 aliphatic heterocycles. The lowest BCUT2D eigenvalue weighted by atomic mass is 9.90. The second-order valence-electron chi connectivity index (χ2n) is 9.96. The second-order valence-corrected chi connectivity index (χ2v) is 9.96. The summed E-state index contributed by atoms with van der Waals surface area (Å²) in [6.07, 6.45) is -0.0837. The molecule has 5 rings (SSSR count). The summed E-state index contributed by atoms with van der Waals surface area (Å²) >= 11 is 0. The van der Waals surface area contributed by atoms with Gasteiger partial charge < -0.3 is 19.9 Å². The van der Waals surface area contributed by atoms with E-state index in [9.17, 15) is 14.4 Å². The summed E-state index contributed by atoms with van der Waals surface area (Å²) < 4.78 is 40.2. The Kier molecular flexibility index (Phi) is 6.68. The third-order valence-corrected chi connectivity index (χ3v) is 7.29. The molecule has 0 bridgehead atoms. The van der Waals surface area contributed by atoms with E-state index in [1.54, 1.807) is 12.1 Å². The van der Waals surface area contributed by atoms with Crippen LogP contribution in [0.3, 0.4) is 0 Å². The maximum absolute atomic E-state index is 13.4. The number of allylic oxidation sites excluding steroid dienone is 1. The number of hydrogen-bond acceptors (Lipinski definition) is 6. The number of nitrogens with zero attached hydrogens (tertiary/aromatic N) is 3. The summed E-state index contributed by atoms with van der Waals surface area (Å²) in [5.74, 6) is -1.28. The highest BCUT2D eigenvalue weighted by atomic mass is 16.5. The number of hydrogen-bond donors (Lipinski definition) is 1. The molecule has 0 radical (unpaired) electrons. The van der Waals surface area contributed by atoms with Crippen LogP contribution in [0.15, 0.2) is 72.7 Å². The lowest BCUT2D eigenvalue weighted by Gasteiger charge is -2.32. The molecule has 1 N–H and O–H groups in total. The molecule has 0 aromatic heterocycles. The van der Waals surface area contributed by atoms with Crippen molar-refractivity contribution < 1.29 is 24.6 Å². The number of benzene rings is 3. The molecule has 0 spiro atoms. The predicted octanol–water partition coefficient (Wildman–Crippen LogP) is 3.79. The smallest absolute Gasteiger partial charge is 0.337 e. The fraction of sp³-hybridized carbons (Fsp3) is 0.281. The second kappa shape index (κ2) is 11.9. The number of likely N-dealkylation sites (N-methyl/N-ethyl adjacent to an activating group) is 2. The Bertz CT molecular complexity index is 1640. The Hall–Kier alpha value is -4.27. The van der Waals surface area contributed by atoms with E-state index in [0.29, 0.717) is 28.0 Å². The van der Waals surface area contributed by atoms with E-state index in [-0.39, 0.29) is 59.9 Å². The van der Waals surface area contributed by atoms with Crippen LogP contribution in [0.25, 0.3) is 11.1 Å². The number of nitrogens with one attached hydrogen (secondary N) is 1. The minimum Gasteiger partial charge on any atom is -0.465 e. The third kappa shape index (κ3) is 5.83. The summed E-state index contributed by atoms with van der Waals surface area (Å²) in [5, 5.41) is 2.80. The Labute approximate surface area is 240 Å². The largest absolute Gasteiger partial charge is 0.465 e. The molecular weight excluding hydrogens is 504 g/mol. The molecule has 0 unspecified atom stereocenters. The summed E-state index contributed by atoms with van der Waals surface area (Å²) in [4.78, 5) is 44.1. The number of anilines is 2. The van der Waals surface area contributed by atoms with Crippen LogP contribution in [0.5, 0.6) is 0 Å². The van der Waals surface area contributed by atoms with Crippen LogP contribution < -0.4 is 10.2 Å². The molecule has 8 nitrogen and oxygen atoms in total. The normalized spacial score (nSPS) is 18.1. The lowest BCUT2D eigenvalue weighted by Crippen LogP contribution is -2.48. The molecule has 40 heavy (non-hydrogen) atoms. The number of piperazine rings is 1. The van der Waals surface area contributed by atoms with Gasteiger partial charge in [0.1, 0.15) is 0 Å². The molecule has 3 aromatic carbocycles. The molecule has 3 aromatic rings. The first-order valence-corrected chi connectivity index (χ1v) is 13.1. The number of methoxy groups -OCH3 is 1. The number of esters is 1. The van der Waals surface area contributed by atoms with E-state index in [2.05, 4.69) is 10.2 Å². The van der Waals surface area contributed by atoms with Crippen LogP contribution in [0, 0.1) is 0 Å². The molecule has 206 valence electrons. The van der Waals surface area contributed by atoms with Crippen LogP contribution in [-0.4, -0.2) is 81.5 Å². The van der Waals surface area contributed by atoms with Crippen LogP contribution in [0.4, 0.5) is 11.4 Å². The van der Waals surface area contributed by atoms with Crippen LogP contribution >= 0.6 is 0 Å². The van der Waals surface area contributed by atoms with Crippen molar-refractivity contribution >= 4 is 40.3 Å². The van der Waals surface area contributed by atoms with Gasteiger partial charge in [-0.3, -0.25) is 14.5 Å². The van der Waals surface area contributed by atoms with Gasteiger partial charge in [0.05, 0.1) is 30.3 Å². The van der Waals surface area contributed by atoms with Gasteiger partial charge in [0.2, 0.25) is 5.91 Å². The lowest BCUT2D eigenvalue weighted by molar-refractivity contribution is -0.119. The van der Waals surface area contributed by atoms with E-state index in [4.69, 9.17) is 10.2 Å². The van der Waals surface area contributed by atoms with Gasteiger partial charge >= 0.3 is 5.97 Å². The standard InChI is InChI=1S/C32H34N4O4/c1-34-15-17-36(18-16-34)21-29(37)35(2)25-12-9-22(10-13-25)19-27(23-7-5-4-6-8-23)30-26-14-11-24(32(39)40-3)20-28(26)33-31(30)38/h4-14,20H,15-19,21H2,1-3H3,(H,33,38)/b30-27+/i9D,10D,12D,13D. The highest BCUT2D eigenvalue weighted by Crippen LogP contribution is 2.39. The number of carbonyl (C=O) groups is 3. The number of carbonyl (C=O) groups excluding carboxylic acids is 3. The zero-order valence-corrected chi connectivity index (χ0v) is 22.8. The average Bonchev–Trinajstić information content (AvgIpc) is 3.35. The fourth-order valence-electron chi connectivity index (χ4n) is 4.88. The van der Waals surface area contributed by atoms with E-state index in [1.165, 1.54) is 25.1 Å². The van der Waals surface area contributed by atoms with E-state index in [0.717, 1.165) is 26.2 Å². The van der Waals surface area contributed by atoms with E-state index < -0.39 is 11.9 Å². The first kappa shape index (κ1) is 22.5. The van der Waals surface area contributed by atoms with Crippen molar-refractivity contribution in [2.45, 2.75) is 6.42 Å². The molecule has 2 amide bonds. The van der Waals surface area contributed by atoms with Gasteiger partial charge in [0, 0.05) is 50.2 Å². The van der Waals surface area contributed by atoms with E-state index >= 15 is 0 Å². The van der Waals surface area contributed by atoms with Crippen molar-refractivity contribution in [3.05, 3.63) is 95.0 Å². The van der Waals surface area contributed by atoms with Crippen molar-refractivity contribution in [1.82, 2.24) is 9.80 Å². The maximum atomic E-state index is 13.4. The first-order chi connectivity index (χ1) is 21.0. The van der Waals surface area contributed by atoms with Crippen LogP contribution in [0.2, 0.25) is 0 Å². The van der Waals surface area contributed by atoms with Crippen LogP contribution in [0.1, 0.15) is 32.5 Å². The van der Waals surface area contributed by atoms with Crippen LogP contribution in [-0.2, 0) is 20.7 Å².